The molecule has 0 fully saturated rings. The lowest BCUT2D eigenvalue weighted by atomic mass is 9.97. The lowest BCUT2D eigenvalue weighted by molar-refractivity contribution is 0.0706. The molecule has 2 aromatic rings. The lowest BCUT2D eigenvalue weighted by Gasteiger charge is -2.35. The summed E-state index contributed by atoms with van der Waals surface area (Å²) in [6.07, 6.45) is 1.51. The third kappa shape index (κ3) is 4.40. The molecule has 0 saturated heterocycles. The van der Waals surface area contributed by atoms with Crippen molar-refractivity contribution in [3.63, 3.8) is 0 Å². The van der Waals surface area contributed by atoms with Crippen LogP contribution >= 0.6 is 0 Å². The van der Waals surface area contributed by atoms with Crippen molar-refractivity contribution in [2.45, 2.75) is 25.8 Å². The first-order chi connectivity index (χ1) is 13.5. The van der Waals surface area contributed by atoms with E-state index in [0.717, 1.165) is 24.1 Å². The van der Waals surface area contributed by atoms with Gasteiger partial charge in [0.1, 0.15) is 18.2 Å². The van der Waals surface area contributed by atoms with Crippen LogP contribution in [0.15, 0.2) is 42.5 Å². The Labute approximate surface area is 162 Å². The van der Waals surface area contributed by atoms with Crippen molar-refractivity contribution in [1.29, 1.82) is 0 Å². The fourth-order valence-electron chi connectivity index (χ4n) is 3.21. The maximum absolute atomic E-state index is 13.4. The number of rotatable bonds is 5. The summed E-state index contributed by atoms with van der Waals surface area (Å²) in [4.78, 5) is 25.5. The SMILES string of the molecule is CC1CCc2cc(F)ccc2N1C(=O)NCCOc1ccc(C(=O)NO)cc1. The summed E-state index contributed by atoms with van der Waals surface area (Å²) >= 11 is 0. The molecule has 1 aliphatic rings. The summed E-state index contributed by atoms with van der Waals surface area (Å²) in [6.45, 7) is 2.50. The Hall–Kier alpha value is -3.13. The van der Waals surface area contributed by atoms with Gasteiger partial charge in [-0.2, -0.15) is 0 Å². The second-order valence-corrected chi connectivity index (χ2v) is 6.58. The molecule has 1 atom stereocenters. The summed E-state index contributed by atoms with van der Waals surface area (Å²) in [7, 11) is 0. The Balaban J connectivity index is 1.53. The highest BCUT2D eigenvalue weighted by Gasteiger charge is 2.28. The van der Waals surface area contributed by atoms with Gasteiger partial charge in [0.05, 0.1) is 6.54 Å². The van der Waals surface area contributed by atoms with Crippen molar-refractivity contribution in [1.82, 2.24) is 10.8 Å². The van der Waals surface area contributed by atoms with Crippen LogP contribution in [0.2, 0.25) is 0 Å². The van der Waals surface area contributed by atoms with Gasteiger partial charge >= 0.3 is 6.03 Å². The minimum Gasteiger partial charge on any atom is -0.492 e. The molecule has 28 heavy (non-hydrogen) atoms. The zero-order chi connectivity index (χ0) is 20.1. The van der Waals surface area contributed by atoms with Gasteiger partial charge in [0.25, 0.3) is 5.91 Å². The van der Waals surface area contributed by atoms with Crippen molar-refractivity contribution in [3.8, 4) is 5.75 Å². The number of hydrogen-bond acceptors (Lipinski definition) is 4. The maximum Gasteiger partial charge on any atom is 0.322 e. The van der Waals surface area contributed by atoms with Gasteiger partial charge in [-0.25, -0.2) is 14.7 Å². The van der Waals surface area contributed by atoms with Gasteiger partial charge < -0.3 is 10.1 Å². The van der Waals surface area contributed by atoms with E-state index in [0.29, 0.717) is 11.3 Å². The van der Waals surface area contributed by atoms with Crippen molar-refractivity contribution in [2.24, 2.45) is 0 Å². The molecule has 0 saturated carbocycles. The number of nitrogens with one attached hydrogen (secondary N) is 2. The van der Waals surface area contributed by atoms with Gasteiger partial charge in [-0.3, -0.25) is 14.9 Å². The number of nitrogens with zero attached hydrogens (tertiary/aromatic N) is 1. The number of fused-ring (bicyclic) bond motifs is 1. The Morgan fingerprint density at radius 3 is 2.71 bits per heavy atom. The summed E-state index contributed by atoms with van der Waals surface area (Å²) < 4.78 is 19.0. The molecule has 3 rings (SSSR count). The van der Waals surface area contributed by atoms with Crippen molar-refractivity contribution >= 4 is 17.6 Å². The molecule has 1 heterocycles. The van der Waals surface area contributed by atoms with Gasteiger partial charge in [-0.1, -0.05) is 0 Å². The van der Waals surface area contributed by atoms with Crippen LogP contribution in [0.4, 0.5) is 14.9 Å². The number of amides is 3. The molecule has 0 spiro atoms. The van der Waals surface area contributed by atoms with Gasteiger partial charge in [-0.05, 0) is 67.8 Å². The normalized spacial score (nSPS) is 15.5. The quantitative estimate of drug-likeness (QED) is 0.418. The fourth-order valence-corrected chi connectivity index (χ4v) is 3.21. The number of halogens is 1. The molecule has 0 radical (unpaired) electrons. The molecule has 1 unspecified atom stereocenters. The molecule has 0 aromatic heterocycles. The molecule has 8 heteroatoms. The van der Waals surface area contributed by atoms with Crippen LogP contribution in [0, 0.1) is 5.82 Å². The lowest BCUT2D eigenvalue weighted by Crippen LogP contribution is -2.48. The van der Waals surface area contributed by atoms with Gasteiger partial charge in [0.2, 0.25) is 0 Å². The molecular weight excluding hydrogens is 365 g/mol. The van der Waals surface area contributed by atoms with Crippen LogP contribution < -0.4 is 20.4 Å². The molecule has 148 valence electrons. The first-order valence-corrected chi connectivity index (χ1v) is 9.02. The van der Waals surface area contributed by atoms with Crippen LogP contribution in [0.3, 0.4) is 0 Å². The highest BCUT2D eigenvalue weighted by atomic mass is 19.1. The van der Waals surface area contributed by atoms with Crippen LogP contribution in [0.1, 0.15) is 29.3 Å². The molecule has 3 N–H and O–H groups in total. The number of carbonyl (C=O) groups excluding carboxylic acids is 2. The van der Waals surface area contributed by atoms with E-state index in [-0.39, 0.29) is 31.0 Å². The molecule has 2 aromatic carbocycles. The number of urea groups is 1. The van der Waals surface area contributed by atoms with E-state index in [1.807, 2.05) is 6.92 Å². The van der Waals surface area contributed by atoms with Gasteiger partial charge in [-0.15, -0.1) is 0 Å². The largest absolute Gasteiger partial charge is 0.492 e. The summed E-state index contributed by atoms with van der Waals surface area (Å²) in [5.41, 5.74) is 3.42. The predicted molar refractivity (Wildman–Crippen MR) is 101 cm³/mol. The molecule has 7 nitrogen and oxygen atoms in total. The van der Waals surface area contributed by atoms with E-state index in [1.165, 1.54) is 24.3 Å². The fraction of sp³-hybridized carbons (Fsp3) is 0.300. The smallest absolute Gasteiger partial charge is 0.322 e. The number of ether oxygens (including phenoxy) is 1. The standard InChI is InChI=1S/C20H22FN3O4/c1-13-2-3-15-12-16(21)6-9-18(15)24(13)20(26)22-10-11-28-17-7-4-14(5-8-17)19(25)23-27/h4-9,12-13,27H,2-3,10-11H2,1H3,(H,22,26)(H,23,25). The second kappa shape index (κ2) is 8.71. The minimum atomic E-state index is -0.602. The second-order valence-electron chi connectivity index (χ2n) is 6.58. The van der Waals surface area contributed by atoms with Crippen molar-refractivity contribution in [3.05, 3.63) is 59.4 Å². The Morgan fingerprint density at radius 2 is 2.00 bits per heavy atom. The zero-order valence-corrected chi connectivity index (χ0v) is 15.4. The highest BCUT2D eigenvalue weighted by Crippen LogP contribution is 2.31. The van der Waals surface area contributed by atoms with E-state index in [4.69, 9.17) is 9.94 Å². The van der Waals surface area contributed by atoms with Gasteiger partial charge in [0.15, 0.2) is 0 Å². The first kappa shape index (κ1) is 19.6. The Kier molecular flexibility index (Phi) is 6.10. The number of hydroxylamine groups is 1. The number of anilines is 1. The number of aryl methyl sites for hydroxylation is 1. The topological polar surface area (TPSA) is 90.9 Å². The van der Waals surface area contributed by atoms with E-state index < -0.39 is 5.91 Å². The van der Waals surface area contributed by atoms with E-state index in [9.17, 15) is 14.0 Å². The van der Waals surface area contributed by atoms with Crippen LogP contribution in [0.25, 0.3) is 0 Å². The Bertz CT molecular complexity index is 857. The molecule has 3 amide bonds. The summed E-state index contributed by atoms with van der Waals surface area (Å²) in [6, 6.07) is 10.5. The molecular formula is C20H22FN3O4. The van der Waals surface area contributed by atoms with Crippen LogP contribution in [-0.4, -0.2) is 36.3 Å². The minimum absolute atomic E-state index is 0.0177. The average Bonchev–Trinajstić information content (AvgIpc) is 2.71. The average molecular weight is 387 g/mol. The maximum atomic E-state index is 13.4. The third-order valence-electron chi connectivity index (χ3n) is 4.66. The zero-order valence-electron chi connectivity index (χ0n) is 15.4. The monoisotopic (exact) mass is 387 g/mol. The van der Waals surface area contributed by atoms with Crippen LogP contribution in [0.5, 0.6) is 5.75 Å². The van der Waals surface area contributed by atoms with E-state index in [1.54, 1.807) is 28.6 Å². The number of carbonyl (C=O) groups is 2. The predicted octanol–water partition coefficient (Wildman–Crippen LogP) is 2.87. The molecule has 0 aliphatic carbocycles. The van der Waals surface area contributed by atoms with Crippen molar-refractivity contribution in [2.75, 3.05) is 18.1 Å². The first-order valence-electron chi connectivity index (χ1n) is 9.02. The van der Waals surface area contributed by atoms with Crippen LogP contribution in [-0.2, 0) is 6.42 Å². The molecule has 1 aliphatic heterocycles. The summed E-state index contributed by atoms with van der Waals surface area (Å²) in [5, 5.41) is 11.4. The number of hydrogen-bond donors (Lipinski definition) is 3. The Morgan fingerprint density at radius 1 is 1.25 bits per heavy atom. The van der Waals surface area contributed by atoms with Gasteiger partial charge in [0, 0.05) is 17.3 Å². The van der Waals surface area contributed by atoms with E-state index in [2.05, 4.69) is 5.32 Å². The highest BCUT2D eigenvalue weighted by molar-refractivity contribution is 5.94. The van der Waals surface area contributed by atoms with Crippen molar-refractivity contribution < 1.29 is 23.9 Å². The van der Waals surface area contributed by atoms with E-state index >= 15 is 0 Å². The third-order valence-corrected chi connectivity index (χ3v) is 4.66. The molecule has 0 bridgehead atoms. The summed E-state index contributed by atoms with van der Waals surface area (Å²) in [5.74, 6) is -0.366. The number of benzene rings is 2.